The molecule has 1 fully saturated rings. The first-order valence-corrected chi connectivity index (χ1v) is 10.8. The maximum absolute atomic E-state index is 12.7. The SMILES string of the molecule is CCN1C(=O)C[C@H](C(=O)Nc2ccc(Br)cc2)SC1=Nc1ccc(C)c(Cl)c1. The van der Waals surface area contributed by atoms with Crippen LogP contribution in [-0.4, -0.2) is 33.7 Å². The van der Waals surface area contributed by atoms with E-state index in [4.69, 9.17) is 11.6 Å². The average molecular weight is 481 g/mol. The summed E-state index contributed by atoms with van der Waals surface area (Å²) in [6.45, 7) is 4.29. The quantitative estimate of drug-likeness (QED) is 0.638. The minimum atomic E-state index is -0.543. The number of nitrogens with zero attached hydrogens (tertiary/aromatic N) is 2. The highest BCUT2D eigenvalue weighted by atomic mass is 79.9. The van der Waals surface area contributed by atoms with Gasteiger partial charge in [0.2, 0.25) is 11.8 Å². The molecule has 28 heavy (non-hydrogen) atoms. The number of anilines is 1. The van der Waals surface area contributed by atoms with Crippen molar-refractivity contribution in [2.24, 2.45) is 4.99 Å². The summed E-state index contributed by atoms with van der Waals surface area (Å²) in [5, 5.41) is 3.44. The van der Waals surface area contributed by atoms with Crippen LogP contribution in [0.4, 0.5) is 11.4 Å². The van der Waals surface area contributed by atoms with E-state index in [0.717, 1.165) is 10.0 Å². The molecule has 2 aromatic rings. The fraction of sp³-hybridized carbons (Fsp3) is 0.250. The Morgan fingerprint density at radius 2 is 2.04 bits per heavy atom. The fourth-order valence-corrected chi connectivity index (χ4v) is 4.27. The Kier molecular flexibility index (Phi) is 6.80. The van der Waals surface area contributed by atoms with Crippen molar-refractivity contribution in [2.45, 2.75) is 25.5 Å². The van der Waals surface area contributed by atoms with Crippen molar-refractivity contribution in [3.8, 4) is 0 Å². The van der Waals surface area contributed by atoms with Crippen molar-refractivity contribution >= 4 is 67.6 Å². The zero-order valence-corrected chi connectivity index (χ0v) is 18.6. The minimum absolute atomic E-state index is 0.117. The predicted octanol–water partition coefficient (Wildman–Crippen LogP) is 5.39. The van der Waals surface area contributed by atoms with Crippen molar-refractivity contribution in [2.75, 3.05) is 11.9 Å². The lowest BCUT2D eigenvalue weighted by atomic mass is 10.2. The van der Waals surface area contributed by atoms with E-state index in [1.54, 1.807) is 23.1 Å². The van der Waals surface area contributed by atoms with Gasteiger partial charge in [-0.05, 0) is 55.8 Å². The molecule has 1 saturated heterocycles. The summed E-state index contributed by atoms with van der Waals surface area (Å²) < 4.78 is 0.928. The van der Waals surface area contributed by atoms with Crippen LogP contribution < -0.4 is 5.32 Å². The molecule has 8 heteroatoms. The maximum atomic E-state index is 12.7. The molecule has 3 rings (SSSR count). The summed E-state index contributed by atoms with van der Waals surface area (Å²) in [5.74, 6) is -0.333. The molecule has 0 bridgehead atoms. The topological polar surface area (TPSA) is 61.8 Å². The highest BCUT2D eigenvalue weighted by molar-refractivity contribution is 9.10. The molecule has 1 aliphatic rings. The van der Waals surface area contributed by atoms with E-state index in [1.807, 2.05) is 38.1 Å². The smallest absolute Gasteiger partial charge is 0.238 e. The summed E-state index contributed by atoms with van der Waals surface area (Å²) in [6.07, 6.45) is 0.133. The molecular formula is C20H19BrClN3O2S. The average Bonchev–Trinajstić information content (AvgIpc) is 2.66. The molecule has 1 N–H and O–H groups in total. The van der Waals surface area contributed by atoms with Crippen LogP contribution in [0, 0.1) is 6.92 Å². The Labute approximate surface area is 181 Å². The number of aliphatic imine (C=N–C) groups is 1. The number of carbonyl (C=O) groups excluding carboxylic acids is 2. The van der Waals surface area contributed by atoms with Crippen LogP contribution in [0.15, 0.2) is 51.9 Å². The zero-order chi connectivity index (χ0) is 20.3. The van der Waals surface area contributed by atoms with Crippen LogP contribution in [0.25, 0.3) is 0 Å². The fourth-order valence-electron chi connectivity index (χ4n) is 2.67. The summed E-state index contributed by atoms with van der Waals surface area (Å²) >= 11 is 10.8. The van der Waals surface area contributed by atoms with E-state index in [1.165, 1.54) is 11.8 Å². The van der Waals surface area contributed by atoms with Gasteiger partial charge in [0.1, 0.15) is 5.25 Å². The second-order valence-electron chi connectivity index (χ2n) is 6.27. The van der Waals surface area contributed by atoms with Crippen LogP contribution in [0.2, 0.25) is 5.02 Å². The molecule has 1 aliphatic heterocycles. The lowest BCUT2D eigenvalue weighted by Crippen LogP contribution is -2.45. The second kappa shape index (κ2) is 9.11. The number of thioether (sulfide) groups is 1. The molecule has 0 aromatic heterocycles. The number of rotatable bonds is 4. The van der Waals surface area contributed by atoms with Crippen LogP contribution >= 0.6 is 39.3 Å². The van der Waals surface area contributed by atoms with Gasteiger partial charge in [-0.3, -0.25) is 14.5 Å². The molecule has 0 radical (unpaired) electrons. The first-order chi connectivity index (χ1) is 13.4. The van der Waals surface area contributed by atoms with Crippen molar-refractivity contribution < 1.29 is 9.59 Å². The molecule has 146 valence electrons. The van der Waals surface area contributed by atoms with E-state index in [9.17, 15) is 9.59 Å². The number of amides is 2. The number of halogens is 2. The molecule has 5 nitrogen and oxygen atoms in total. The van der Waals surface area contributed by atoms with Crippen LogP contribution in [0.1, 0.15) is 18.9 Å². The number of carbonyl (C=O) groups is 2. The third kappa shape index (κ3) is 4.96. The molecule has 2 aromatic carbocycles. The van der Waals surface area contributed by atoms with Gasteiger partial charge in [-0.2, -0.15) is 0 Å². The lowest BCUT2D eigenvalue weighted by molar-refractivity contribution is -0.129. The summed E-state index contributed by atoms with van der Waals surface area (Å²) in [5.41, 5.74) is 2.29. The molecule has 0 saturated carbocycles. The van der Waals surface area contributed by atoms with Gasteiger partial charge >= 0.3 is 0 Å². The van der Waals surface area contributed by atoms with Gasteiger partial charge < -0.3 is 5.32 Å². The number of hydrogen-bond donors (Lipinski definition) is 1. The largest absolute Gasteiger partial charge is 0.325 e. The second-order valence-corrected chi connectivity index (χ2v) is 8.77. The molecule has 0 unspecified atom stereocenters. The maximum Gasteiger partial charge on any atom is 0.238 e. The lowest BCUT2D eigenvalue weighted by Gasteiger charge is -2.30. The number of aryl methyl sites for hydroxylation is 1. The first kappa shape index (κ1) is 20.9. The molecule has 0 aliphatic carbocycles. The van der Waals surface area contributed by atoms with Gasteiger partial charge in [0.15, 0.2) is 5.17 Å². The van der Waals surface area contributed by atoms with Crippen molar-refractivity contribution in [3.05, 3.63) is 57.5 Å². The standard InChI is InChI=1S/C20H19BrClN3O2S/c1-3-25-18(26)11-17(19(27)23-14-8-5-13(21)6-9-14)28-20(25)24-15-7-4-12(2)16(22)10-15/h4-10,17H,3,11H2,1-2H3,(H,23,27)/t17-/m1/s1. The summed E-state index contributed by atoms with van der Waals surface area (Å²) in [4.78, 5) is 31.5. The molecule has 1 heterocycles. The van der Waals surface area contributed by atoms with Gasteiger partial charge in [-0.1, -0.05) is 45.4 Å². The van der Waals surface area contributed by atoms with E-state index >= 15 is 0 Å². The molecule has 1 atom stereocenters. The van der Waals surface area contributed by atoms with Crippen LogP contribution in [0.5, 0.6) is 0 Å². The van der Waals surface area contributed by atoms with Crippen molar-refractivity contribution in [1.82, 2.24) is 4.90 Å². The van der Waals surface area contributed by atoms with Crippen LogP contribution in [0.3, 0.4) is 0 Å². The monoisotopic (exact) mass is 479 g/mol. The Bertz CT molecular complexity index is 934. The Hall–Kier alpha value is -1.83. The highest BCUT2D eigenvalue weighted by Gasteiger charge is 2.35. The van der Waals surface area contributed by atoms with Gasteiger partial charge in [0.25, 0.3) is 0 Å². The summed E-state index contributed by atoms with van der Waals surface area (Å²) in [6, 6.07) is 12.8. The normalized spacial score (nSPS) is 18.4. The van der Waals surface area contributed by atoms with Crippen molar-refractivity contribution in [3.63, 3.8) is 0 Å². The predicted molar refractivity (Wildman–Crippen MR) is 119 cm³/mol. The van der Waals surface area contributed by atoms with E-state index in [-0.39, 0.29) is 18.2 Å². The Morgan fingerprint density at radius 3 is 2.68 bits per heavy atom. The molecule has 2 amide bonds. The van der Waals surface area contributed by atoms with Crippen LogP contribution in [-0.2, 0) is 9.59 Å². The van der Waals surface area contributed by atoms with Gasteiger partial charge in [0.05, 0.1) is 5.69 Å². The Balaban J connectivity index is 1.82. The van der Waals surface area contributed by atoms with Gasteiger partial charge in [-0.25, -0.2) is 4.99 Å². The third-order valence-corrected chi connectivity index (χ3v) is 6.36. The molecular weight excluding hydrogens is 462 g/mol. The third-order valence-electron chi connectivity index (χ3n) is 4.24. The highest BCUT2D eigenvalue weighted by Crippen LogP contribution is 2.31. The number of benzene rings is 2. The van der Waals surface area contributed by atoms with Gasteiger partial charge in [0, 0.05) is 28.1 Å². The van der Waals surface area contributed by atoms with E-state index < -0.39 is 5.25 Å². The zero-order valence-electron chi connectivity index (χ0n) is 15.4. The number of nitrogens with one attached hydrogen (secondary N) is 1. The minimum Gasteiger partial charge on any atom is -0.325 e. The number of hydrogen-bond acceptors (Lipinski definition) is 4. The van der Waals surface area contributed by atoms with Crippen molar-refractivity contribution in [1.29, 1.82) is 0 Å². The number of amidine groups is 1. The van der Waals surface area contributed by atoms with E-state index in [2.05, 4.69) is 26.2 Å². The molecule has 0 spiro atoms. The summed E-state index contributed by atoms with van der Waals surface area (Å²) in [7, 11) is 0. The van der Waals surface area contributed by atoms with E-state index in [0.29, 0.717) is 28.1 Å². The Morgan fingerprint density at radius 1 is 1.32 bits per heavy atom. The first-order valence-electron chi connectivity index (χ1n) is 8.75. The van der Waals surface area contributed by atoms with Gasteiger partial charge in [-0.15, -0.1) is 0 Å².